The minimum Gasteiger partial charge on any atom is -0.449 e. The van der Waals surface area contributed by atoms with Crippen LogP contribution in [0, 0.1) is 0 Å². The molecular weight excluding hydrogens is 232 g/mol. The van der Waals surface area contributed by atoms with Gasteiger partial charge in [-0.3, -0.25) is 0 Å². The van der Waals surface area contributed by atoms with Gasteiger partial charge in [-0.05, 0) is 0 Å². The number of fused-ring (bicyclic) bond motifs is 2. The quantitative estimate of drug-likeness (QED) is 0.448. The maximum absolute atomic E-state index is 5.71. The number of hydrogen-bond acceptors (Lipinski definition) is 6. The third-order valence-corrected chi connectivity index (χ3v) is 2.74. The standard InChI is InChI=1S/C12H12N4O2/c13-5-1-9-10(2-6(5)14)18-12-4-8(16)7(15)3-11(12)17-9/h1-4H,13-16H2. The van der Waals surface area contributed by atoms with E-state index in [1.807, 2.05) is 0 Å². The first kappa shape index (κ1) is 10.4. The SMILES string of the molecule is Nc1cc2c(cc1N)Oc1cc(N)c(N)cc1O2. The molecule has 1 aliphatic heterocycles. The van der Waals surface area contributed by atoms with E-state index in [2.05, 4.69) is 0 Å². The number of rotatable bonds is 0. The topological polar surface area (TPSA) is 123 Å². The first-order valence-corrected chi connectivity index (χ1v) is 5.28. The number of ether oxygens (including phenoxy) is 2. The Morgan fingerprint density at radius 2 is 0.722 bits per heavy atom. The molecule has 18 heavy (non-hydrogen) atoms. The zero-order valence-electron chi connectivity index (χ0n) is 9.44. The predicted octanol–water partition coefficient (Wildman–Crippen LogP) is 1.91. The lowest BCUT2D eigenvalue weighted by atomic mass is 10.2. The molecule has 0 unspecified atom stereocenters. The van der Waals surface area contributed by atoms with Crippen LogP contribution >= 0.6 is 0 Å². The smallest absolute Gasteiger partial charge is 0.172 e. The summed E-state index contributed by atoms with van der Waals surface area (Å²) >= 11 is 0. The van der Waals surface area contributed by atoms with Gasteiger partial charge in [-0.1, -0.05) is 0 Å². The van der Waals surface area contributed by atoms with Crippen molar-refractivity contribution < 1.29 is 9.47 Å². The summed E-state index contributed by atoms with van der Waals surface area (Å²) < 4.78 is 11.3. The molecule has 0 atom stereocenters. The Morgan fingerprint density at radius 3 is 0.944 bits per heavy atom. The van der Waals surface area contributed by atoms with E-state index in [9.17, 15) is 0 Å². The number of nitrogens with two attached hydrogens (primary N) is 4. The van der Waals surface area contributed by atoms with Crippen molar-refractivity contribution in [1.82, 2.24) is 0 Å². The van der Waals surface area contributed by atoms with Crippen LogP contribution in [0.25, 0.3) is 0 Å². The molecule has 0 amide bonds. The highest BCUT2D eigenvalue weighted by Gasteiger charge is 2.21. The van der Waals surface area contributed by atoms with Crippen molar-refractivity contribution in [2.45, 2.75) is 0 Å². The molecule has 0 bridgehead atoms. The lowest BCUT2D eigenvalue weighted by molar-refractivity contribution is 0.360. The van der Waals surface area contributed by atoms with Gasteiger partial charge in [0.05, 0.1) is 22.7 Å². The third kappa shape index (κ3) is 1.43. The molecule has 6 nitrogen and oxygen atoms in total. The molecule has 3 rings (SSSR count). The molecule has 0 aromatic heterocycles. The molecule has 1 heterocycles. The van der Waals surface area contributed by atoms with Crippen LogP contribution in [0.2, 0.25) is 0 Å². The van der Waals surface area contributed by atoms with Crippen LogP contribution in [0.4, 0.5) is 22.7 Å². The number of benzene rings is 2. The maximum atomic E-state index is 5.71. The molecule has 0 saturated heterocycles. The molecular formula is C12H12N4O2. The van der Waals surface area contributed by atoms with Gasteiger partial charge >= 0.3 is 0 Å². The highest BCUT2D eigenvalue weighted by atomic mass is 16.6. The van der Waals surface area contributed by atoms with Crippen molar-refractivity contribution in [2.75, 3.05) is 22.9 Å². The number of hydrogen-bond donors (Lipinski definition) is 4. The molecule has 0 fully saturated rings. The van der Waals surface area contributed by atoms with Crippen LogP contribution < -0.4 is 32.4 Å². The van der Waals surface area contributed by atoms with Crippen molar-refractivity contribution in [3.63, 3.8) is 0 Å². The van der Waals surface area contributed by atoms with Crippen LogP contribution in [0.5, 0.6) is 23.0 Å². The van der Waals surface area contributed by atoms with E-state index in [-0.39, 0.29) is 0 Å². The Kier molecular flexibility index (Phi) is 1.94. The first-order chi connectivity index (χ1) is 8.54. The summed E-state index contributed by atoms with van der Waals surface area (Å²) in [5, 5.41) is 0. The summed E-state index contributed by atoms with van der Waals surface area (Å²) in [5.74, 6) is 1.99. The molecule has 0 spiro atoms. The van der Waals surface area contributed by atoms with Gasteiger partial charge in [0.1, 0.15) is 0 Å². The first-order valence-electron chi connectivity index (χ1n) is 5.28. The molecule has 0 aliphatic carbocycles. The van der Waals surface area contributed by atoms with Crippen LogP contribution in [0.15, 0.2) is 24.3 Å². The summed E-state index contributed by atoms with van der Waals surface area (Å²) in [6, 6.07) is 6.45. The lowest BCUT2D eigenvalue weighted by Crippen LogP contribution is -2.04. The summed E-state index contributed by atoms with van der Waals surface area (Å²) in [5.41, 5.74) is 24.6. The molecule has 1 aliphatic rings. The second kappa shape index (κ2) is 3.36. The predicted molar refractivity (Wildman–Crippen MR) is 70.7 cm³/mol. The Balaban J connectivity index is 2.12. The zero-order valence-corrected chi connectivity index (χ0v) is 9.44. The highest BCUT2D eigenvalue weighted by molar-refractivity contribution is 5.75. The Bertz CT molecular complexity index is 544. The summed E-state index contributed by atoms with van der Waals surface area (Å²) in [4.78, 5) is 0. The van der Waals surface area contributed by atoms with E-state index in [1.165, 1.54) is 0 Å². The summed E-state index contributed by atoms with van der Waals surface area (Å²) in [7, 11) is 0. The van der Waals surface area contributed by atoms with E-state index in [1.54, 1.807) is 24.3 Å². The molecule has 2 aromatic carbocycles. The Morgan fingerprint density at radius 1 is 0.500 bits per heavy atom. The van der Waals surface area contributed by atoms with Gasteiger partial charge in [0.25, 0.3) is 0 Å². The fraction of sp³-hybridized carbons (Fsp3) is 0. The fourth-order valence-electron chi connectivity index (χ4n) is 1.74. The average Bonchev–Trinajstić information content (AvgIpc) is 2.31. The van der Waals surface area contributed by atoms with E-state index in [0.717, 1.165) is 0 Å². The molecule has 2 aromatic rings. The normalized spacial score (nSPS) is 12.0. The van der Waals surface area contributed by atoms with Gasteiger partial charge in [0.2, 0.25) is 0 Å². The van der Waals surface area contributed by atoms with Crippen LogP contribution in [0.3, 0.4) is 0 Å². The highest BCUT2D eigenvalue weighted by Crippen LogP contribution is 2.48. The molecule has 8 N–H and O–H groups in total. The minimum atomic E-state index is 0.434. The van der Waals surface area contributed by atoms with Crippen LogP contribution in [-0.4, -0.2) is 0 Å². The van der Waals surface area contributed by atoms with Crippen molar-refractivity contribution >= 4 is 22.7 Å². The third-order valence-electron chi connectivity index (χ3n) is 2.74. The van der Waals surface area contributed by atoms with Gasteiger partial charge in [-0.25, -0.2) is 0 Å². The van der Waals surface area contributed by atoms with Gasteiger partial charge < -0.3 is 32.4 Å². The van der Waals surface area contributed by atoms with Crippen molar-refractivity contribution in [2.24, 2.45) is 0 Å². The van der Waals surface area contributed by atoms with Crippen molar-refractivity contribution in [1.29, 1.82) is 0 Å². The number of anilines is 4. The Labute approximate surface area is 103 Å². The van der Waals surface area contributed by atoms with E-state index in [0.29, 0.717) is 45.7 Å². The van der Waals surface area contributed by atoms with Gasteiger partial charge in [-0.15, -0.1) is 0 Å². The van der Waals surface area contributed by atoms with Crippen LogP contribution in [0.1, 0.15) is 0 Å². The van der Waals surface area contributed by atoms with Crippen molar-refractivity contribution in [3.8, 4) is 23.0 Å². The van der Waals surface area contributed by atoms with Gasteiger partial charge in [0, 0.05) is 24.3 Å². The van der Waals surface area contributed by atoms with Crippen molar-refractivity contribution in [3.05, 3.63) is 24.3 Å². The zero-order chi connectivity index (χ0) is 12.9. The van der Waals surface area contributed by atoms with E-state index in [4.69, 9.17) is 32.4 Å². The molecule has 92 valence electrons. The van der Waals surface area contributed by atoms with E-state index >= 15 is 0 Å². The monoisotopic (exact) mass is 244 g/mol. The van der Waals surface area contributed by atoms with E-state index < -0.39 is 0 Å². The van der Waals surface area contributed by atoms with Gasteiger partial charge in [0.15, 0.2) is 23.0 Å². The summed E-state index contributed by atoms with van der Waals surface area (Å²) in [6.07, 6.45) is 0. The molecule has 0 radical (unpaired) electrons. The maximum Gasteiger partial charge on any atom is 0.172 e. The largest absolute Gasteiger partial charge is 0.449 e. The van der Waals surface area contributed by atoms with Crippen LogP contribution in [-0.2, 0) is 0 Å². The minimum absolute atomic E-state index is 0.434. The fourth-order valence-corrected chi connectivity index (χ4v) is 1.74. The number of nitrogen functional groups attached to an aromatic ring is 4. The average molecular weight is 244 g/mol. The molecule has 6 heteroatoms. The second-order valence-corrected chi connectivity index (χ2v) is 4.06. The second-order valence-electron chi connectivity index (χ2n) is 4.06. The molecule has 0 saturated carbocycles. The van der Waals surface area contributed by atoms with Gasteiger partial charge in [-0.2, -0.15) is 0 Å². The lowest BCUT2D eigenvalue weighted by Gasteiger charge is -2.22. The Hall–Kier alpha value is -2.76. The summed E-state index contributed by atoms with van der Waals surface area (Å²) in [6.45, 7) is 0.